The normalized spacial score (nSPS) is 12.3. The molecule has 0 saturated carbocycles. The molecule has 0 saturated heterocycles. The van der Waals surface area contributed by atoms with E-state index in [2.05, 4.69) is 20.1 Å². The monoisotopic (exact) mass is 463 g/mol. The van der Waals surface area contributed by atoms with Gasteiger partial charge in [-0.2, -0.15) is 0 Å². The molecule has 1 nitrogen and oxygen atoms in total. The van der Waals surface area contributed by atoms with Crippen LogP contribution < -0.4 is 0 Å². The lowest BCUT2D eigenvalue weighted by Gasteiger charge is -2.09. The topological polar surface area (TPSA) is 17.1 Å². The van der Waals surface area contributed by atoms with E-state index in [1.165, 1.54) is 167 Å². The SMILES string of the molecule is CCCCCCCCCCCCCCCCCC([C]=O)CCCCCCCCCCCCC. The molecule has 0 spiro atoms. The maximum Gasteiger partial charge on any atom is 0.201 e. The van der Waals surface area contributed by atoms with Gasteiger partial charge in [0.25, 0.3) is 0 Å². The summed E-state index contributed by atoms with van der Waals surface area (Å²) in [6.45, 7) is 4.58. The minimum Gasteiger partial charge on any atom is -0.291 e. The van der Waals surface area contributed by atoms with Crippen LogP contribution in [-0.2, 0) is 4.79 Å². The highest BCUT2D eigenvalue weighted by Gasteiger charge is 2.08. The lowest BCUT2D eigenvalue weighted by molar-refractivity contribution is 0.448. The Morgan fingerprint density at radius 3 is 0.788 bits per heavy atom. The first-order chi connectivity index (χ1) is 16.3. The minimum atomic E-state index is 0.213. The van der Waals surface area contributed by atoms with Gasteiger partial charge in [0.05, 0.1) is 0 Å². The molecule has 0 aromatic carbocycles. The van der Waals surface area contributed by atoms with Crippen LogP contribution in [0, 0.1) is 5.92 Å². The summed E-state index contributed by atoms with van der Waals surface area (Å²) in [5.74, 6) is 0.213. The quantitative estimate of drug-likeness (QED) is 0.101. The third kappa shape index (κ3) is 27.8. The van der Waals surface area contributed by atoms with Crippen LogP contribution in [-0.4, -0.2) is 6.29 Å². The van der Waals surface area contributed by atoms with Crippen molar-refractivity contribution < 1.29 is 4.79 Å². The van der Waals surface area contributed by atoms with Crippen molar-refractivity contribution in [3.05, 3.63) is 0 Å². The molecule has 197 valence electrons. The van der Waals surface area contributed by atoms with Crippen LogP contribution in [0.4, 0.5) is 0 Å². The number of carbonyl (C=O) groups excluding carboxylic acids is 1. The van der Waals surface area contributed by atoms with Gasteiger partial charge in [0, 0.05) is 5.92 Å². The Kier molecular flexibility index (Phi) is 29.4. The maximum absolute atomic E-state index is 11.3. The number of unbranched alkanes of at least 4 members (excludes halogenated alkanes) is 24. The third-order valence-corrected chi connectivity index (χ3v) is 7.48. The average molecular weight is 464 g/mol. The Morgan fingerprint density at radius 2 is 0.576 bits per heavy atom. The zero-order valence-electron chi connectivity index (χ0n) is 23.3. The van der Waals surface area contributed by atoms with Gasteiger partial charge in [0.1, 0.15) is 0 Å². The Balaban J connectivity index is 3.26. The molecule has 0 amide bonds. The molecule has 1 heteroatoms. The molecule has 1 radical (unpaired) electrons. The van der Waals surface area contributed by atoms with Gasteiger partial charge in [0.15, 0.2) is 0 Å². The van der Waals surface area contributed by atoms with E-state index >= 15 is 0 Å². The molecular formula is C32H63O. The Labute approximate surface area is 210 Å². The molecule has 0 aromatic heterocycles. The van der Waals surface area contributed by atoms with E-state index in [0.29, 0.717) is 0 Å². The summed E-state index contributed by atoms with van der Waals surface area (Å²) >= 11 is 0. The van der Waals surface area contributed by atoms with Crippen molar-refractivity contribution in [2.45, 2.75) is 194 Å². The highest BCUT2D eigenvalue weighted by atomic mass is 16.1. The summed E-state index contributed by atoms with van der Waals surface area (Å²) in [4.78, 5) is 11.3. The zero-order valence-corrected chi connectivity index (χ0v) is 23.3. The predicted octanol–water partition coefficient (Wildman–Crippen LogP) is 11.7. The van der Waals surface area contributed by atoms with Crippen molar-refractivity contribution in [2.75, 3.05) is 0 Å². The van der Waals surface area contributed by atoms with E-state index in [1.807, 2.05) is 0 Å². The second-order valence-corrected chi connectivity index (χ2v) is 10.9. The van der Waals surface area contributed by atoms with Gasteiger partial charge in [-0.25, -0.2) is 0 Å². The van der Waals surface area contributed by atoms with E-state index in [4.69, 9.17) is 0 Å². The molecule has 0 fully saturated rings. The molecule has 1 unspecified atom stereocenters. The molecule has 0 bridgehead atoms. The van der Waals surface area contributed by atoms with Crippen molar-refractivity contribution in [1.29, 1.82) is 0 Å². The van der Waals surface area contributed by atoms with Gasteiger partial charge in [-0.1, -0.05) is 181 Å². The summed E-state index contributed by atoms with van der Waals surface area (Å²) in [5, 5.41) is 0. The number of hydrogen-bond donors (Lipinski definition) is 0. The van der Waals surface area contributed by atoms with E-state index in [-0.39, 0.29) is 5.92 Å². The molecule has 0 aromatic rings. The Morgan fingerprint density at radius 1 is 0.364 bits per heavy atom. The molecule has 0 heterocycles. The smallest absolute Gasteiger partial charge is 0.201 e. The standard InChI is InChI=1S/C32H63O/c1-3-5-7-9-11-13-15-16-17-18-20-22-24-26-28-30-32(31-33)29-27-25-23-21-19-14-12-10-8-6-4-2/h32H,3-30H2,1-2H3. The van der Waals surface area contributed by atoms with Crippen molar-refractivity contribution in [3.63, 3.8) is 0 Å². The lowest BCUT2D eigenvalue weighted by atomic mass is 9.95. The van der Waals surface area contributed by atoms with Crippen LogP contribution in [0.3, 0.4) is 0 Å². The molecule has 1 atom stereocenters. The summed E-state index contributed by atoms with van der Waals surface area (Å²) < 4.78 is 0. The van der Waals surface area contributed by atoms with Gasteiger partial charge in [0.2, 0.25) is 6.29 Å². The predicted molar refractivity (Wildman–Crippen MR) is 150 cm³/mol. The van der Waals surface area contributed by atoms with Crippen molar-refractivity contribution >= 4 is 6.29 Å². The highest BCUT2D eigenvalue weighted by molar-refractivity contribution is 5.54. The molecule has 0 aliphatic heterocycles. The van der Waals surface area contributed by atoms with Gasteiger partial charge < -0.3 is 0 Å². The van der Waals surface area contributed by atoms with Gasteiger partial charge >= 0.3 is 0 Å². The first-order valence-corrected chi connectivity index (χ1v) is 15.7. The van der Waals surface area contributed by atoms with Crippen molar-refractivity contribution in [1.82, 2.24) is 0 Å². The lowest BCUT2D eigenvalue weighted by Crippen LogP contribution is -2.02. The largest absolute Gasteiger partial charge is 0.291 e. The summed E-state index contributed by atoms with van der Waals surface area (Å²) in [6, 6.07) is 0. The Bertz CT molecular complexity index is 350. The fraction of sp³-hybridized carbons (Fsp3) is 0.969. The molecule has 33 heavy (non-hydrogen) atoms. The van der Waals surface area contributed by atoms with E-state index in [0.717, 1.165) is 12.8 Å². The van der Waals surface area contributed by atoms with Crippen LogP contribution in [0.2, 0.25) is 0 Å². The summed E-state index contributed by atoms with van der Waals surface area (Å²) in [5.41, 5.74) is 0. The molecule has 0 rings (SSSR count). The van der Waals surface area contributed by atoms with Crippen LogP contribution in [0.5, 0.6) is 0 Å². The second kappa shape index (κ2) is 29.7. The number of hydrogen-bond acceptors (Lipinski definition) is 1. The van der Waals surface area contributed by atoms with E-state index in [1.54, 1.807) is 0 Å². The van der Waals surface area contributed by atoms with Gasteiger partial charge in [-0.15, -0.1) is 0 Å². The van der Waals surface area contributed by atoms with Gasteiger partial charge in [-0.3, -0.25) is 4.79 Å². The first kappa shape index (κ1) is 32.7. The van der Waals surface area contributed by atoms with Crippen molar-refractivity contribution in [3.8, 4) is 0 Å². The Hall–Kier alpha value is -0.330. The minimum absolute atomic E-state index is 0.213. The zero-order chi connectivity index (χ0) is 24.1. The summed E-state index contributed by atoms with van der Waals surface area (Å²) in [7, 11) is 0. The third-order valence-electron chi connectivity index (χ3n) is 7.48. The van der Waals surface area contributed by atoms with E-state index < -0.39 is 0 Å². The van der Waals surface area contributed by atoms with Crippen LogP contribution in [0.25, 0.3) is 0 Å². The fourth-order valence-electron chi connectivity index (χ4n) is 5.08. The highest BCUT2D eigenvalue weighted by Crippen LogP contribution is 2.19. The van der Waals surface area contributed by atoms with Gasteiger partial charge in [-0.05, 0) is 12.8 Å². The average Bonchev–Trinajstić information content (AvgIpc) is 2.83. The molecule has 0 N–H and O–H groups in total. The molecule has 0 aliphatic carbocycles. The maximum atomic E-state index is 11.3. The fourth-order valence-corrected chi connectivity index (χ4v) is 5.08. The summed E-state index contributed by atoms with van der Waals surface area (Å²) in [6.07, 6.45) is 40.8. The number of rotatable bonds is 29. The van der Waals surface area contributed by atoms with E-state index in [9.17, 15) is 4.79 Å². The molecule has 0 aliphatic rings. The van der Waals surface area contributed by atoms with Crippen LogP contribution in [0.1, 0.15) is 194 Å². The van der Waals surface area contributed by atoms with Crippen molar-refractivity contribution in [2.24, 2.45) is 5.92 Å². The van der Waals surface area contributed by atoms with Crippen LogP contribution in [0.15, 0.2) is 0 Å². The van der Waals surface area contributed by atoms with Crippen LogP contribution >= 0.6 is 0 Å². The molecular weight excluding hydrogens is 400 g/mol. The first-order valence-electron chi connectivity index (χ1n) is 15.7. The second-order valence-electron chi connectivity index (χ2n) is 10.9.